The second-order valence-corrected chi connectivity index (χ2v) is 6.24. The zero-order chi connectivity index (χ0) is 14.5. The van der Waals surface area contributed by atoms with Crippen molar-refractivity contribution < 1.29 is 4.39 Å². The van der Waals surface area contributed by atoms with E-state index in [4.69, 9.17) is 5.73 Å². The summed E-state index contributed by atoms with van der Waals surface area (Å²) in [5, 5.41) is 0. The van der Waals surface area contributed by atoms with Crippen molar-refractivity contribution >= 4 is 11.8 Å². The number of nitrogens with two attached hydrogens (primary N) is 1. The Kier molecular flexibility index (Phi) is 5.21. The second-order valence-electron chi connectivity index (χ2n) is 5.15. The molecule has 1 unspecified atom stereocenters. The van der Waals surface area contributed by atoms with Gasteiger partial charge in [-0.3, -0.25) is 0 Å². The summed E-state index contributed by atoms with van der Waals surface area (Å²) in [6.45, 7) is 4.24. The molecule has 0 aliphatic rings. The van der Waals surface area contributed by atoms with Crippen LogP contribution in [0.2, 0.25) is 0 Å². The zero-order valence-corrected chi connectivity index (χ0v) is 12.7. The Morgan fingerprint density at radius 1 is 1.05 bits per heavy atom. The maximum atomic E-state index is 12.8. The smallest absolute Gasteiger partial charge is 0.123 e. The lowest BCUT2D eigenvalue weighted by atomic mass is 10.0. The molecule has 0 spiro atoms. The summed E-state index contributed by atoms with van der Waals surface area (Å²) < 4.78 is 12.8. The van der Waals surface area contributed by atoms with Gasteiger partial charge >= 0.3 is 0 Å². The van der Waals surface area contributed by atoms with Crippen LogP contribution in [-0.4, -0.2) is 11.8 Å². The molecule has 2 aromatic carbocycles. The minimum Gasteiger partial charge on any atom is -0.327 e. The van der Waals surface area contributed by atoms with Gasteiger partial charge in [0, 0.05) is 16.7 Å². The van der Waals surface area contributed by atoms with Gasteiger partial charge in [-0.05, 0) is 61.2 Å². The van der Waals surface area contributed by atoms with Crippen molar-refractivity contribution in [3.05, 3.63) is 65.0 Å². The lowest BCUT2D eigenvalue weighted by molar-refractivity contribution is 0.626. The number of aryl methyl sites for hydroxylation is 2. The first kappa shape index (κ1) is 15.1. The molecular weight excluding hydrogens is 269 g/mol. The highest BCUT2D eigenvalue weighted by atomic mass is 32.2. The fourth-order valence-corrected chi connectivity index (χ4v) is 2.88. The molecule has 2 rings (SSSR count). The average molecular weight is 289 g/mol. The third kappa shape index (κ3) is 4.36. The van der Waals surface area contributed by atoms with E-state index in [0.29, 0.717) is 0 Å². The number of halogens is 1. The van der Waals surface area contributed by atoms with E-state index in [0.717, 1.165) is 17.1 Å². The van der Waals surface area contributed by atoms with E-state index < -0.39 is 0 Å². The topological polar surface area (TPSA) is 26.0 Å². The van der Waals surface area contributed by atoms with E-state index in [1.165, 1.54) is 28.8 Å². The number of thioether (sulfide) groups is 1. The molecule has 2 aromatic rings. The maximum absolute atomic E-state index is 12.8. The Labute approximate surface area is 124 Å². The highest BCUT2D eigenvalue weighted by Gasteiger charge is 2.06. The Morgan fingerprint density at radius 3 is 2.40 bits per heavy atom. The van der Waals surface area contributed by atoms with E-state index in [1.54, 1.807) is 23.9 Å². The molecule has 0 radical (unpaired) electrons. The van der Waals surface area contributed by atoms with Crippen LogP contribution in [0.5, 0.6) is 0 Å². The fourth-order valence-electron chi connectivity index (χ4n) is 2.03. The van der Waals surface area contributed by atoms with Crippen LogP contribution in [-0.2, 0) is 6.42 Å². The van der Waals surface area contributed by atoms with Gasteiger partial charge in [-0.25, -0.2) is 4.39 Å². The number of hydrogen-bond acceptors (Lipinski definition) is 2. The van der Waals surface area contributed by atoms with Crippen LogP contribution in [0, 0.1) is 19.7 Å². The van der Waals surface area contributed by atoms with E-state index in [9.17, 15) is 4.39 Å². The molecule has 0 amide bonds. The molecule has 3 heteroatoms. The summed E-state index contributed by atoms with van der Waals surface area (Å²) in [6, 6.07) is 13.2. The van der Waals surface area contributed by atoms with Crippen LogP contribution in [0.25, 0.3) is 0 Å². The van der Waals surface area contributed by atoms with Crippen LogP contribution in [0.4, 0.5) is 4.39 Å². The standard InChI is InChI=1S/C17H20FNS/c1-12-3-4-14(9-13(12)2)10-16(19)11-20-17-7-5-15(18)6-8-17/h3-9,16H,10-11,19H2,1-2H3. The molecule has 0 aromatic heterocycles. The highest BCUT2D eigenvalue weighted by molar-refractivity contribution is 7.99. The van der Waals surface area contributed by atoms with Crippen molar-refractivity contribution in [2.75, 3.05) is 5.75 Å². The first-order valence-electron chi connectivity index (χ1n) is 6.74. The molecule has 1 nitrogen and oxygen atoms in total. The van der Waals surface area contributed by atoms with Gasteiger partial charge in [-0.2, -0.15) is 0 Å². The molecule has 20 heavy (non-hydrogen) atoms. The van der Waals surface area contributed by atoms with Crippen molar-refractivity contribution in [1.29, 1.82) is 0 Å². The largest absolute Gasteiger partial charge is 0.327 e. The van der Waals surface area contributed by atoms with Crippen LogP contribution >= 0.6 is 11.8 Å². The molecule has 0 fully saturated rings. The Hall–Kier alpha value is -1.32. The summed E-state index contributed by atoms with van der Waals surface area (Å²) >= 11 is 1.67. The molecule has 0 bridgehead atoms. The summed E-state index contributed by atoms with van der Waals surface area (Å²) in [6.07, 6.45) is 0.870. The molecular formula is C17H20FNS. The monoisotopic (exact) mass is 289 g/mol. The zero-order valence-electron chi connectivity index (χ0n) is 11.9. The second kappa shape index (κ2) is 6.91. The van der Waals surface area contributed by atoms with E-state index in [-0.39, 0.29) is 11.9 Å². The minimum absolute atomic E-state index is 0.104. The van der Waals surface area contributed by atoms with Gasteiger partial charge in [0.25, 0.3) is 0 Å². The molecule has 0 aliphatic heterocycles. The molecule has 106 valence electrons. The van der Waals surface area contributed by atoms with Crippen molar-refractivity contribution in [3.63, 3.8) is 0 Å². The van der Waals surface area contributed by atoms with Crippen molar-refractivity contribution in [1.82, 2.24) is 0 Å². The SMILES string of the molecule is Cc1ccc(CC(N)CSc2ccc(F)cc2)cc1C. The Morgan fingerprint density at radius 2 is 1.75 bits per heavy atom. The molecule has 0 heterocycles. The van der Waals surface area contributed by atoms with Gasteiger partial charge in [0.05, 0.1) is 0 Å². The Balaban J connectivity index is 1.87. The summed E-state index contributed by atoms with van der Waals surface area (Å²) in [5.74, 6) is 0.632. The first-order valence-corrected chi connectivity index (χ1v) is 7.73. The fraction of sp³-hybridized carbons (Fsp3) is 0.294. The van der Waals surface area contributed by atoms with Gasteiger partial charge in [0.15, 0.2) is 0 Å². The predicted octanol–water partition coefficient (Wildman–Crippen LogP) is 4.10. The lowest BCUT2D eigenvalue weighted by Gasteiger charge is -2.12. The predicted molar refractivity (Wildman–Crippen MR) is 84.7 cm³/mol. The maximum Gasteiger partial charge on any atom is 0.123 e. The van der Waals surface area contributed by atoms with Crippen molar-refractivity contribution in [2.45, 2.75) is 31.2 Å². The first-order chi connectivity index (χ1) is 9.54. The van der Waals surface area contributed by atoms with Gasteiger partial charge in [0.1, 0.15) is 5.82 Å². The van der Waals surface area contributed by atoms with Crippen LogP contribution in [0.15, 0.2) is 47.4 Å². The normalized spacial score (nSPS) is 12.4. The molecule has 0 saturated carbocycles. The molecule has 2 N–H and O–H groups in total. The number of hydrogen-bond donors (Lipinski definition) is 1. The van der Waals surface area contributed by atoms with E-state index >= 15 is 0 Å². The lowest BCUT2D eigenvalue weighted by Crippen LogP contribution is -2.25. The third-order valence-corrected chi connectivity index (χ3v) is 4.55. The quantitative estimate of drug-likeness (QED) is 0.838. The van der Waals surface area contributed by atoms with Gasteiger partial charge in [0.2, 0.25) is 0 Å². The summed E-state index contributed by atoms with van der Waals surface area (Å²) in [5.41, 5.74) is 10.1. The number of benzene rings is 2. The van der Waals surface area contributed by atoms with Crippen molar-refractivity contribution in [2.24, 2.45) is 5.73 Å². The average Bonchev–Trinajstić information content (AvgIpc) is 2.42. The van der Waals surface area contributed by atoms with Crippen molar-refractivity contribution in [3.8, 4) is 0 Å². The van der Waals surface area contributed by atoms with Crippen LogP contribution in [0.1, 0.15) is 16.7 Å². The van der Waals surface area contributed by atoms with Gasteiger partial charge in [-0.1, -0.05) is 18.2 Å². The molecule has 1 atom stereocenters. The summed E-state index contributed by atoms with van der Waals surface area (Å²) in [4.78, 5) is 1.06. The molecule has 0 saturated heterocycles. The third-order valence-electron chi connectivity index (χ3n) is 3.35. The van der Waals surface area contributed by atoms with Crippen LogP contribution in [0.3, 0.4) is 0 Å². The minimum atomic E-state index is -0.200. The van der Waals surface area contributed by atoms with E-state index in [1.807, 2.05) is 0 Å². The van der Waals surface area contributed by atoms with Gasteiger partial charge < -0.3 is 5.73 Å². The summed E-state index contributed by atoms with van der Waals surface area (Å²) in [7, 11) is 0. The van der Waals surface area contributed by atoms with Gasteiger partial charge in [-0.15, -0.1) is 11.8 Å². The Bertz CT molecular complexity index is 566. The van der Waals surface area contributed by atoms with E-state index in [2.05, 4.69) is 32.0 Å². The molecule has 0 aliphatic carbocycles. The highest BCUT2D eigenvalue weighted by Crippen LogP contribution is 2.20. The van der Waals surface area contributed by atoms with Crippen LogP contribution < -0.4 is 5.73 Å². The number of rotatable bonds is 5.